The fraction of sp³-hybridized carbons (Fsp3) is 0.310. The van der Waals surface area contributed by atoms with Crippen LogP contribution in [0.2, 0.25) is 0 Å². The first-order valence-electron chi connectivity index (χ1n) is 19.0. The minimum absolute atomic E-state index is 0.154. The van der Waals surface area contributed by atoms with Gasteiger partial charge in [-0.3, -0.25) is 4.55 Å². The van der Waals surface area contributed by atoms with E-state index in [0.29, 0.717) is 68.6 Å². The Labute approximate surface area is 360 Å². The Kier molecular flexibility index (Phi) is 11.4. The van der Waals surface area contributed by atoms with Gasteiger partial charge >= 0.3 is 0 Å². The number of anilines is 1. The number of allylic oxidation sites excluding steroid dienone is 8. The largest absolute Gasteiger partial charge is 0.748 e. The molecule has 3 aliphatic rings. The van der Waals surface area contributed by atoms with Crippen molar-refractivity contribution in [2.45, 2.75) is 67.6 Å². The summed E-state index contributed by atoms with van der Waals surface area (Å²) in [7, 11) is -18.4. The molecule has 19 heteroatoms. The molecule has 0 saturated heterocycles. The average Bonchev–Trinajstić information content (AvgIpc) is 3.51. The highest BCUT2D eigenvalue weighted by atomic mass is 35.5. The third-order valence-corrected chi connectivity index (χ3v) is 15.2. The molecule has 0 unspecified atom stereocenters. The second kappa shape index (κ2) is 15.5. The maximum Gasteiger partial charge on any atom is 0.294 e. The summed E-state index contributed by atoms with van der Waals surface area (Å²) in [6.07, 6.45) is 9.27. The van der Waals surface area contributed by atoms with Crippen LogP contribution in [0.3, 0.4) is 0 Å². The van der Waals surface area contributed by atoms with Crippen LogP contribution in [0.1, 0.15) is 58.1 Å². The Morgan fingerprint density at radius 1 is 0.738 bits per heavy atom. The number of rotatable bonds is 11. The topological polar surface area (TPSA) is 232 Å². The quantitative estimate of drug-likeness (QED) is 0.126. The van der Waals surface area contributed by atoms with Crippen LogP contribution in [0.25, 0.3) is 21.5 Å². The van der Waals surface area contributed by atoms with Crippen molar-refractivity contribution in [3.63, 3.8) is 0 Å². The molecule has 1 N–H and O–H groups in total. The third-order valence-electron chi connectivity index (χ3n) is 11.7. The van der Waals surface area contributed by atoms with Crippen molar-refractivity contribution in [2.24, 2.45) is 0 Å². The molecule has 324 valence electrons. The molecule has 0 amide bonds. The van der Waals surface area contributed by atoms with Crippen LogP contribution in [-0.2, 0) is 51.3 Å². The van der Waals surface area contributed by atoms with Gasteiger partial charge in [0, 0.05) is 46.1 Å². The number of nitrogens with zero attached hydrogens (tertiary/aromatic N) is 2. The second-order valence-corrected chi connectivity index (χ2v) is 22.6. The van der Waals surface area contributed by atoms with Gasteiger partial charge in [0.25, 0.3) is 10.1 Å². The molecule has 0 bridgehead atoms. The smallest absolute Gasteiger partial charge is 0.294 e. The van der Waals surface area contributed by atoms with Gasteiger partial charge in [-0.2, -0.15) is 13.0 Å². The van der Waals surface area contributed by atoms with E-state index in [-0.39, 0.29) is 22.9 Å². The molecule has 2 aliphatic heterocycles. The van der Waals surface area contributed by atoms with Crippen LogP contribution >= 0.6 is 11.6 Å². The lowest BCUT2D eigenvalue weighted by Crippen LogP contribution is -2.30. The zero-order chi connectivity index (χ0) is 44.7. The summed E-state index contributed by atoms with van der Waals surface area (Å²) >= 11 is 7.12. The number of hydrogen-bond donors (Lipinski definition) is 1. The SMILES string of the molecule is CC1(C)C(/C=C/C2=C(Cl)C(=C/C=C3/N(CCS(=O)(=O)[O-])c4ccc5cc(S(=O)(=O)[O-])ccc5c4C3(C)C)/CCC2)=[N+](CCS(=O)(=O)[O-])c2ccc3cc(S(=O)(=O)O)ccc3c21. The zero-order valence-corrected chi connectivity index (χ0v) is 37.4. The summed E-state index contributed by atoms with van der Waals surface area (Å²) in [5.41, 5.74) is 4.04. The molecule has 4 aromatic rings. The van der Waals surface area contributed by atoms with Crippen LogP contribution in [0.5, 0.6) is 0 Å². The van der Waals surface area contributed by atoms with E-state index in [1.54, 1.807) is 45.9 Å². The highest BCUT2D eigenvalue weighted by molar-refractivity contribution is 7.86. The minimum atomic E-state index is -4.73. The van der Waals surface area contributed by atoms with Crippen molar-refractivity contribution in [3.05, 3.63) is 118 Å². The van der Waals surface area contributed by atoms with E-state index < -0.39 is 62.8 Å². The first kappa shape index (κ1) is 44.8. The summed E-state index contributed by atoms with van der Waals surface area (Å²) in [6, 6.07) is 15.1. The van der Waals surface area contributed by atoms with Crippen molar-refractivity contribution < 1.29 is 56.5 Å². The fourth-order valence-corrected chi connectivity index (χ4v) is 11.1. The van der Waals surface area contributed by atoms with E-state index >= 15 is 0 Å². The standard InChI is InChI=1S/C42H43ClN2O12S4/c1-41(2)36(44(20-22-58(46,47)48)34-16-8-28-24-30(60(52,53)54)12-14-32(28)38(34)41)18-10-26-6-5-7-27(40(26)43)11-19-37-42(3,4)39-33-15-13-31(61(55,56)57)25-29(33)9-17-35(39)45(37)21-23-59(49,50)51/h8-19,24-25H,5-7,20-23H2,1-4H3,(H3-,46,47,48,49,50,51,52,53,54,55,56,57)/p-2. The maximum absolute atomic E-state index is 11.9. The molecule has 4 aromatic carbocycles. The molecule has 2 heterocycles. The third kappa shape index (κ3) is 8.74. The molecule has 1 aliphatic carbocycles. The minimum Gasteiger partial charge on any atom is -0.748 e. The maximum atomic E-state index is 11.9. The Balaban J connectivity index is 1.29. The van der Waals surface area contributed by atoms with E-state index in [1.807, 2.05) is 52.0 Å². The van der Waals surface area contributed by atoms with Gasteiger partial charge in [0.2, 0.25) is 5.69 Å². The molecule has 0 saturated carbocycles. The molecule has 0 radical (unpaired) electrons. The van der Waals surface area contributed by atoms with E-state index in [9.17, 15) is 51.9 Å². The highest BCUT2D eigenvalue weighted by Crippen LogP contribution is 2.51. The summed E-state index contributed by atoms with van der Waals surface area (Å²) in [4.78, 5) is 1.09. The Morgan fingerprint density at radius 3 is 1.97 bits per heavy atom. The second-order valence-electron chi connectivity index (χ2n) is 16.3. The van der Waals surface area contributed by atoms with Gasteiger partial charge in [0.1, 0.15) is 20.2 Å². The number of fused-ring (bicyclic) bond motifs is 6. The summed E-state index contributed by atoms with van der Waals surface area (Å²) in [5, 5.41) is 2.81. The fourth-order valence-electron chi connectivity index (χ4n) is 8.91. The van der Waals surface area contributed by atoms with E-state index in [0.717, 1.165) is 22.3 Å². The predicted octanol–water partition coefficient (Wildman–Crippen LogP) is 6.45. The van der Waals surface area contributed by atoms with Crippen molar-refractivity contribution in [1.29, 1.82) is 0 Å². The van der Waals surface area contributed by atoms with Crippen LogP contribution < -0.4 is 4.90 Å². The predicted molar refractivity (Wildman–Crippen MR) is 230 cm³/mol. The lowest BCUT2D eigenvalue weighted by atomic mass is 9.78. The molecule has 0 spiro atoms. The Bertz CT molecular complexity index is 3180. The average molecular weight is 930 g/mol. The van der Waals surface area contributed by atoms with Gasteiger partial charge in [0.15, 0.2) is 12.3 Å². The molecule has 7 rings (SSSR count). The first-order valence-corrected chi connectivity index (χ1v) is 25.4. The number of benzene rings is 4. The zero-order valence-electron chi connectivity index (χ0n) is 33.4. The van der Waals surface area contributed by atoms with Gasteiger partial charge in [-0.15, -0.1) is 0 Å². The molecule has 0 aromatic heterocycles. The molecule has 61 heavy (non-hydrogen) atoms. The van der Waals surface area contributed by atoms with Gasteiger partial charge in [0.05, 0.1) is 36.8 Å². The van der Waals surface area contributed by atoms with Crippen LogP contribution in [-0.4, -0.2) is 86.8 Å². The number of halogens is 1. The molecule has 0 fully saturated rings. The van der Waals surface area contributed by atoms with Crippen LogP contribution in [0.4, 0.5) is 11.4 Å². The molecular weight excluding hydrogens is 888 g/mol. The monoisotopic (exact) mass is 928 g/mol. The summed E-state index contributed by atoms with van der Waals surface area (Å²) in [6.45, 7) is 7.39. The van der Waals surface area contributed by atoms with Crippen molar-refractivity contribution in [2.75, 3.05) is 29.5 Å². The lowest BCUT2D eigenvalue weighted by Gasteiger charge is -2.28. The van der Waals surface area contributed by atoms with Gasteiger partial charge in [-0.05, 0) is 114 Å². The van der Waals surface area contributed by atoms with Gasteiger partial charge in [-0.1, -0.05) is 55.8 Å². The van der Waals surface area contributed by atoms with E-state index in [2.05, 4.69) is 0 Å². The normalized spacial score (nSPS) is 19.6. The Morgan fingerprint density at radius 2 is 1.34 bits per heavy atom. The van der Waals surface area contributed by atoms with Gasteiger partial charge < -0.3 is 18.6 Å². The van der Waals surface area contributed by atoms with Crippen LogP contribution in [0, 0.1) is 0 Å². The Hall–Kier alpha value is -4.24. The first-order chi connectivity index (χ1) is 28.2. The van der Waals surface area contributed by atoms with Crippen molar-refractivity contribution in [3.8, 4) is 0 Å². The summed E-state index contributed by atoms with van der Waals surface area (Å²) in [5.74, 6) is -1.36. The molecule has 0 atom stereocenters. The number of hydrogen-bond acceptors (Lipinski definition) is 12. The van der Waals surface area contributed by atoms with Crippen molar-refractivity contribution in [1.82, 2.24) is 0 Å². The van der Waals surface area contributed by atoms with Gasteiger partial charge in [-0.25, -0.2) is 25.3 Å². The van der Waals surface area contributed by atoms with E-state index in [1.165, 1.54) is 24.3 Å². The summed E-state index contributed by atoms with van der Waals surface area (Å²) < 4.78 is 142. The molecular formula is C42H41ClN2O12S4-2. The highest BCUT2D eigenvalue weighted by Gasteiger charge is 2.46. The van der Waals surface area contributed by atoms with Crippen molar-refractivity contribution >= 4 is 90.7 Å². The van der Waals surface area contributed by atoms with E-state index in [4.69, 9.17) is 11.6 Å². The lowest BCUT2D eigenvalue weighted by molar-refractivity contribution is -0.432. The van der Waals surface area contributed by atoms with Crippen LogP contribution in [0.15, 0.2) is 117 Å². The molecule has 14 nitrogen and oxygen atoms in total.